The fourth-order valence-electron chi connectivity index (χ4n) is 3.13. The second-order valence-electron chi connectivity index (χ2n) is 6.14. The van der Waals surface area contributed by atoms with Crippen molar-refractivity contribution in [3.8, 4) is 0 Å². The molecule has 0 amide bonds. The van der Waals surface area contributed by atoms with Crippen LogP contribution < -0.4 is 0 Å². The number of ketones is 1. The summed E-state index contributed by atoms with van der Waals surface area (Å²) >= 11 is 0. The third-order valence-electron chi connectivity index (χ3n) is 4.21. The molecule has 2 aromatic heterocycles. The molecule has 0 N–H and O–H groups in total. The molecule has 5 nitrogen and oxygen atoms in total. The number of fused-ring (bicyclic) bond motifs is 1. The largest absolute Gasteiger partial charge is 0.383 e. The van der Waals surface area contributed by atoms with E-state index in [-0.39, 0.29) is 5.78 Å². The van der Waals surface area contributed by atoms with Gasteiger partial charge in [-0.15, -0.1) is 0 Å². The zero-order valence-electron chi connectivity index (χ0n) is 13.2. The summed E-state index contributed by atoms with van der Waals surface area (Å²) in [7, 11) is 3.81. The SMILES string of the molecule is CN(C)/C=C/C(=O)c1c(C2CCCCC2)nn2ncccc12. The van der Waals surface area contributed by atoms with Crippen LogP contribution in [0.1, 0.15) is 54.1 Å². The minimum atomic E-state index is 0.0114. The minimum Gasteiger partial charge on any atom is -0.383 e. The molecule has 0 bridgehead atoms. The van der Waals surface area contributed by atoms with Gasteiger partial charge in [-0.3, -0.25) is 4.79 Å². The number of nitrogens with zero attached hydrogens (tertiary/aromatic N) is 4. The highest BCUT2D eigenvalue weighted by Gasteiger charge is 2.26. The van der Waals surface area contributed by atoms with E-state index >= 15 is 0 Å². The minimum absolute atomic E-state index is 0.0114. The van der Waals surface area contributed by atoms with Crippen LogP contribution in [-0.4, -0.2) is 39.6 Å². The summed E-state index contributed by atoms with van der Waals surface area (Å²) in [6, 6.07) is 3.77. The molecule has 0 unspecified atom stereocenters. The van der Waals surface area contributed by atoms with Gasteiger partial charge in [0.15, 0.2) is 5.78 Å². The number of hydrogen-bond acceptors (Lipinski definition) is 4. The maximum absolute atomic E-state index is 12.7. The van der Waals surface area contributed by atoms with Gasteiger partial charge in [-0.05, 0) is 25.0 Å². The van der Waals surface area contributed by atoms with Crippen molar-refractivity contribution < 1.29 is 4.79 Å². The summed E-state index contributed by atoms with van der Waals surface area (Å²) in [6.07, 6.45) is 11.0. The topological polar surface area (TPSA) is 50.5 Å². The van der Waals surface area contributed by atoms with E-state index in [9.17, 15) is 4.79 Å². The molecule has 1 aliphatic rings. The Hall–Kier alpha value is -2.17. The van der Waals surface area contributed by atoms with Crippen molar-refractivity contribution in [1.29, 1.82) is 0 Å². The summed E-state index contributed by atoms with van der Waals surface area (Å²) < 4.78 is 1.60. The van der Waals surface area contributed by atoms with Crippen molar-refractivity contribution in [2.45, 2.75) is 38.0 Å². The van der Waals surface area contributed by atoms with Crippen LogP contribution >= 0.6 is 0 Å². The van der Waals surface area contributed by atoms with Crippen LogP contribution in [-0.2, 0) is 0 Å². The Labute approximate surface area is 130 Å². The fraction of sp³-hybridized carbons (Fsp3) is 0.471. The van der Waals surface area contributed by atoms with Gasteiger partial charge >= 0.3 is 0 Å². The molecular weight excluding hydrogens is 276 g/mol. The lowest BCUT2D eigenvalue weighted by Gasteiger charge is -2.20. The van der Waals surface area contributed by atoms with Gasteiger partial charge in [-0.25, -0.2) is 0 Å². The van der Waals surface area contributed by atoms with Crippen molar-refractivity contribution in [2.75, 3.05) is 14.1 Å². The molecule has 0 aliphatic heterocycles. The van der Waals surface area contributed by atoms with Crippen molar-refractivity contribution >= 4 is 11.3 Å². The van der Waals surface area contributed by atoms with E-state index < -0.39 is 0 Å². The number of hydrogen-bond donors (Lipinski definition) is 0. The van der Waals surface area contributed by atoms with Gasteiger partial charge in [0.1, 0.15) is 0 Å². The zero-order valence-corrected chi connectivity index (χ0v) is 13.2. The first kappa shape index (κ1) is 14.8. The van der Waals surface area contributed by atoms with Gasteiger partial charge in [-0.2, -0.15) is 14.8 Å². The third kappa shape index (κ3) is 2.89. The van der Waals surface area contributed by atoms with Gasteiger partial charge in [-0.1, -0.05) is 19.3 Å². The maximum Gasteiger partial charge on any atom is 0.191 e. The molecule has 0 radical (unpaired) electrons. The van der Waals surface area contributed by atoms with E-state index in [1.165, 1.54) is 19.3 Å². The second-order valence-corrected chi connectivity index (χ2v) is 6.14. The quantitative estimate of drug-likeness (QED) is 0.643. The molecule has 116 valence electrons. The van der Waals surface area contributed by atoms with Crippen LogP contribution in [0, 0.1) is 0 Å². The molecule has 2 aromatic rings. The fourth-order valence-corrected chi connectivity index (χ4v) is 3.13. The second kappa shape index (κ2) is 6.30. The molecule has 0 atom stereocenters. The zero-order chi connectivity index (χ0) is 15.5. The van der Waals surface area contributed by atoms with Crippen molar-refractivity contribution in [2.24, 2.45) is 0 Å². The number of allylic oxidation sites excluding steroid dienone is 1. The number of rotatable bonds is 4. The Kier molecular flexibility index (Phi) is 4.22. The molecule has 0 spiro atoms. The normalized spacial score (nSPS) is 16.5. The van der Waals surface area contributed by atoms with Crippen LogP contribution in [0.15, 0.2) is 30.6 Å². The van der Waals surface area contributed by atoms with Crippen LogP contribution in [0.4, 0.5) is 0 Å². The van der Waals surface area contributed by atoms with Gasteiger partial charge in [0.25, 0.3) is 0 Å². The highest BCUT2D eigenvalue weighted by atomic mass is 16.1. The van der Waals surface area contributed by atoms with Gasteiger partial charge < -0.3 is 4.90 Å². The Bertz CT molecular complexity index is 696. The maximum atomic E-state index is 12.7. The van der Waals surface area contributed by atoms with Crippen molar-refractivity contribution in [3.63, 3.8) is 0 Å². The summed E-state index contributed by atoms with van der Waals surface area (Å²) in [6.45, 7) is 0. The molecule has 1 aliphatic carbocycles. The van der Waals surface area contributed by atoms with E-state index in [1.54, 1.807) is 23.1 Å². The van der Waals surface area contributed by atoms with Crippen molar-refractivity contribution in [3.05, 3.63) is 41.9 Å². The smallest absolute Gasteiger partial charge is 0.191 e. The Balaban J connectivity index is 2.06. The average Bonchev–Trinajstić information content (AvgIpc) is 2.93. The van der Waals surface area contributed by atoms with Gasteiger partial charge in [0.2, 0.25) is 0 Å². The number of aromatic nitrogens is 3. The molecule has 22 heavy (non-hydrogen) atoms. The Morgan fingerprint density at radius 3 is 2.82 bits per heavy atom. The summed E-state index contributed by atoms with van der Waals surface area (Å²) in [5.74, 6) is 0.388. The number of carbonyl (C=O) groups is 1. The van der Waals surface area contributed by atoms with Crippen LogP contribution in [0.25, 0.3) is 5.52 Å². The van der Waals surface area contributed by atoms with E-state index in [0.717, 1.165) is 29.6 Å². The predicted molar refractivity (Wildman–Crippen MR) is 86.0 cm³/mol. The van der Waals surface area contributed by atoms with Gasteiger partial charge in [0, 0.05) is 38.5 Å². The lowest BCUT2D eigenvalue weighted by atomic mass is 9.84. The Morgan fingerprint density at radius 2 is 2.09 bits per heavy atom. The molecular formula is C17H22N4O. The van der Waals surface area contributed by atoms with E-state index in [0.29, 0.717) is 5.92 Å². The molecule has 1 saturated carbocycles. The highest BCUT2D eigenvalue weighted by molar-refractivity contribution is 6.10. The molecule has 0 aromatic carbocycles. The monoisotopic (exact) mass is 298 g/mol. The number of carbonyl (C=O) groups excluding carboxylic acids is 1. The lowest BCUT2D eigenvalue weighted by Crippen LogP contribution is -2.10. The molecule has 2 heterocycles. The average molecular weight is 298 g/mol. The summed E-state index contributed by atoms with van der Waals surface area (Å²) in [5.41, 5.74) is 2.45. The summed E-state index contributed by atoms with van der Waals surface area (Å²) in [4.78, 5) is 14.6. The van der Waals surface area contributed by atoms with E-state index in [2.05, 4.69) is 10.2 Å². The first-order valence-corrected chi connectivity index (χ1v) is 7.89. The first-order chi connectivity index (χ1) is 10.7. The van der Waals surface area contributed by atoms with E-state index in [4.69, 9.17) is 0 Å². The molecule has 1 fully saturated rings. The predicted octanol–water partition coefficient (Wildman–Crippen LogP) is 3.04. The lowest BCUT2D eigenvalue weighted by molar-refractivity contribution is 0.104. The standard InChI is InChI=1S/C17H22N4O/c1-20(2)12-10-15(22)16-14-9-6-11-18-21(14)19-17(16)13-7-4-3-5-8-13/h6,9-13H,3-5,7-8H2,1-2H3/b12-10+. The summed E-state index contributed by atoms with van der Waals surface area (Å²) in [5, 5.41) is 8.88. The Morgan fingerprint density at radius 1 is 1.32 bits per heavy atom. The van der Waals surface area contributed by atoms with Crippen molar-refractivity contribution in [1.82, 2.24) is 19.7 Å². The third-order valence-corrected chi connectivity index (χ3v) is 4.21. The molecule has 3 rings (SSSR count). The van der Waals surface area contributed by atoms with E-state index in [1.807, 2.05) is 31.1 Å². The molecule has 5 heteroatoms. The van der Waals surface area contributed by atoms with Gasteiger partial charge in [0.05, 0.1) is 16.8 Å². The van der Waals surface area contributed by atoms with Crippen LogP contribution in [0.5, 0.6) is 0 Å². The highest BCUT2D eigenvalue weighted by Crippen LogP contribution is 2.35. The first-order valence-electron chi connectivity index (χ1n) is 7.89. The van der Waals surface area contributed by atoms with Crippen LogP contribution in [0.2, 0.25) is 0 Å². The molecule has 0 saturated heterocycles. The van der Waals surface area contributed by atoms with Crippen LogP contribution in [0.3, 0.4) is 0 Å².